The average Bonchev–Trinajstić information content (AvgIpc) is 2.80. The zero-order valence-corrected chi connectivity index (χ0v) is 18.9. The predicted molar refractivity (Wildman–Crippen MR) is 113 cm³/mol. The summed E-state index contributed by atoms with van der Waals surface area (Å²) in [6.45, 7) is 8.10. The Bertz CT molecular complexity index is 691. The van der Waals surface area contributed by atoms with Crippen LogP contribution in [0.2, 0.25) is 10.8 Å². The maximum atomic E-state index is 13.6. The number of primary amides is 1. The van der Waals surface area contributed by atoms with Gasteiger partial charge in [0.1, 0.15) is 11.6 Å². The molecule has 1 aromatic carbocycles. The largest absolute Gasteiger partial charge is 0.494 e. The molecule has 0 aromatic heterocycles. The molecule has 10 heteroatoms. The van der Waals surface area contributed by atoms with Crippen LogP contribution in [-0.2, 0) is 18.8 Å². The fourth-order valence-corrected chi connectivity index (χ4v) is 3.18. The van der Waals surface area contributed by atoms with Gasteiger partial charge in [-0.3, -0.25) is 4.79 Å². The van der Waals surface area contributed by atoms with Gasteiger partial charge in [0.05, 0.1) is 35.4 Å². The fraction of sp³-hybridized carbons (Fsp3) is 0.632. The Balaban J connectivity index is 0.00000420. The van der Waals surface area contributed by atoms with Gasteiger partial charge in [0, 0.05) is 19.0 Å². The van der Waals surface area contributed by atoms with Crippen LogP contribution in [0.1, 0.15) is 34.1 Å². The molecule has 1 heterocycles. The SMILES string of the molecule is COCC(C(N)=O)[C@@H](CCOc1ccc(Cl)c(F)c1)B1OC(C)(C)C(C)(C)O1.Cl. The van der Waals surface area contributed by atoms with Crippen LogP contribution in [0.3, 0.4) is 0 Å². The van der Waals surface area contributed by atoms with Gasteiger partial charge in [0.2, 0.25) is 5.91 Å². The van der Waals surface area contributed by atoms with Gasteiger partial charge in [-0.1, -0.05) is 11.6 Å². The topological polar surface area (TPSA) is 80.0 Å². The molecule has 1 aliphatic heterocycles. The van der Waals surface area contributed by atoms with Gasteiger partial charge in [-0.25, -0.2) is 4.39 Å². The smallest absolute Gasteiger partial charge is 0.462 e. The number of ether oxygens (including phenoxy) is 2. The fourth-order valence-electron chi connectivity index (χ4n) is 3.07. The van der Waals surface area contributed by atoms with Crippen molar-refractivity contribution in [2.75, 3.05) is 20.3 Å². The molecule has 0 saturated carbocycles. The minimum absolute atomic E-state index is 0. The first-order valence-electron chi connectivity index (χ1n) is 9.20. The minimum atomic E-state index is -0.650. The second kappa shape index (κ2) is 10.3. The summed E-state index contributed by atoms with van der Waals surface area (Å²) in [4.78, 5) is 12.1. The van der Waals surface area contributed by atoms with E-state index in [4.69, 9.17) is 36.1 Å². The van der Waals surface area contributed by atoms with Gasteiger partial charge >= 0.3 is 7.12 Å². The molecule has 164 valence electrons. The second-order valence-corrected chi connectivity index (χ2v) is 8.37. The number of amides is 1. The Hall–Kier alpha value is -1.06. The van der Waals surface area contributed by atoms with Gasteiger partial charge in [0.25, 0.3) is 0 Å². The number of benzene rings is 1. The predicted octanol–water partition coefficient (Wildman–Crippen LogP) is 3.88. The zero-order chi connectivity index (χ0) is 21.1. The second-order valence-electron chi connectivity index (χ2n) is 7.97. The maximum absolute atomic E-state index is 13.6. The Morgan fingerprint density at radius 2 is 1.86 bits per heavy atom. The number of methoxy groups -OCH3 is 1. The minimum Gasteiger partial charge on any atom is -0.494 e. The molecule has 1 saturated heterocycles. The van der Waals surface area contributed by atoms with E-state index in [9.17, 15) is 9.18 Å². The number of carbonyl (C=O) groups excluding carboxylic acids is 1. The normalized spacial score (nSPS) is 19.3. The van der Waals surface area contributed by atoms with E-state index in [1.54, 1.807) is 6.07 Å². The summed E-state index contributed by atoms with van der Waals surface area (Å²) in [5, 5.41) is 0.0244. The summed E-state index contributed by atoms with van der Waals surface area (Å²) in [6, 6.07) is 4.22. The zero-order valence-electron chi connectivity index (χ0n) is 17.4. The van der Waals surface area contributed by atoms with Crippen LogP contribution in [-0.4, -0.2) is 44.6 Å². The van der Waals surface area contributed by atoms with Crippen LogP contribution in [0.25, 0.3) is 0 Å². The Kier molecular flexibility index (Phi) is 9.24. The molecule has 2 N–H and O–H groups in total. The van der Waals surface area contributed by atoms with E-state index in [0.29, 0.717) is 12.2 Å². The molecular weight excluding hydrogens is 423 g/mol. The van der Waals surface area contributed by atoms with Crippen molar-refractivity contribution >= 4 is 37.0 Å². The molecule has 0 radical (unpaired) electrons. The third kappa shape index (κ3) is 6.21. The van der Waals surface area contributed by atoms with Crippen molar-refractivity contribution in [3.63, 3.8) is 0 Å². The summed E-state index contributed by atoms with van der Waals surface area (Å²) in [5.41, 5.74) is 4.51. The van der Waals surface area contributed by atoms with Gasteiger partial charge < -0.3 is 24.5 Å². The van der Waals surface area contributed by atoms with Crippen LogP contribution in [0.4, 0.5) is 4.39 Å². The standard InChI is InChI=1S/C19H28BClFNO5.ClH/c1-18(2)19(3,4)28-20(27-18)14(13(11-25-5)17(23)24)8-9-26-12-6-7-15(21)16(22)10-12;/h6-7,10,13-14H,8-9,11H2,1-5H3,(H2,23,24);1H/t13?,14-;/m1./s1. The Morgan fingerprint density at radius 1 is 1.28 bits per heavy atom. The molecule has 1 aromatic rings. The third-order valence-corrected chi connectivity index (χ3v) is 5.77. The van der Waals surface area contributed by atoms with Gasteiger partial charge in [-0.05, 0) is 46.2 Å². The van der Waals surface area contributed by atoms with Crippen molar-refractivity contribution in [3.8, 4) is 5.75 Å². The van der Waals surface area contributed by atoms with E-state index >= 15 is 0 Å². The van der Waals surface area contributed by atoms with Gasteiger partial charge in [0.15, 0.2) is 0 Å². The lowest BCUT2D eigenvalue weighted by Crippen LogP contribution is -2.41. The highest BCUT2D eigenvalue weighted by molar-refractivity contribution is 6.48. The van der Waals surface area contributed by atoms with E-state index in [1.165, 1.54) is 19.2 Å². The van der Waals surface area contributed by atoms with E-state index < -0.39 is 41.8 Å². The summed E-state index contributed by atoms with van der Waals surface area (Å²) in [6.07, 6.45) is 0.401. The number of nitrogens with two attached hydrogens (primary N) is 1. The van der Waals surface area contributed by atoms with E-state index in [2.05, 4.69) is 0 Å². The average molecular weight is 452 g/mol. The number of hydrogen-bond acceptors (Lipinski definition) is 5. The molecule has 0 bridgehead atoms. The highest BCUT2D eigenvalue weighted by Gasteiger charge is 2.55. The van der Waals surface area contributed by atoms with Crippen molar-refractivity contribution in [3.05, 3.63) is 29.0 Å². The molecule has 6 nitrogen and oxygen atoms in total. The van der Waals surface area contributed by atoms with Crippen LogP contribution >= 0.6 is 24.0 Å². The number of hydrogen-bond donors (Lipinski definition) is 1. The molecule has 1 fully saturated rings. The van der Waals surface area contributed by atoms with Crippen molar-refractivity contribution in [2.24, 2.45) is 11.7 Å². The first kappa shape index (κ1) is 26.0. The highest BCUT2D eigenvalue weighted by Crippen LogP contribution is 2.43. The monoisotopic (exact) mass is 451 g/mol. The lowest BCUT2D eigenvalue weighted by Gasteiger charge is -2.32. The molecule has 2 rings (SSSR count). The number of carbonyl (C=O) groups is 1. The van der Waals surface area contributed by atoms with Crippen molar-refractivity contribution < 1.29 is 28.0 Å². The highest BCUT2D eigenvalue weighted by atomic mass is 35.5. The molecule has 1 aliphatic rings. The quantitative estimate of drug-likeness (QED) is 0.576. The lowest BCUT2D eigenvalue weighted by molar-refractivity contribution is -0.123. The molecular formula is C19H29BCl2FNO5. The third-order valence-electron chi connectivity index (χ3n) is 5.46. The van der Waals surface area contributed by atoms with E-state index in [0.717, 1.165) is 0 Å². The molecule has 1 amide bonds. The molecule has 0 spiro atoms. The molecule has 0 aliphatic carbocycles. The van der Waals surface area contributed by atoms with Gasteiger partial charge in [-0.2, -0.15) is 0 Å². The lowest BCUT2D eigenvalue weighted by atomic mass is 9.63. The first-order valence-corrected chi connectivity index (χ1v) is 9.58. The van der Waals surface area contributed by atoms with Crippen LogP contribution in [0, 0.1) is 11.7 Å². The summed E-state index contributed by atoms with van der Waals surface area (Å²) < 4.78 is 36.7. The maximum Gasteiger partial charge on any atom is 0.462 e. The van der Waals surface area contributed by atoms with E-state index in [1.807, 2.05) is 27.7 Å². The molecule has 29 heavy (non-hydrogen) atoms. The molecule has 2 atom stereocenters. The van der Waals surface area contributed by atoms with Crippen LogP contribution in [0.5, 0.6) is 5.75 Å². The summed E-state index contributed by atoms with van der Waals surface area (Å²) >= 11 is 5.69. The Morgan fingerprint density at radius 3 is 2.34 bits per heavy atom. The molecule has 1 unspecified atom stereocenters. The van der Waals surface area contributed by atoms with Gasteiger partial charge in [-0.15, -0.1) is 12.4 Å². The Labute approximate surface area is 183 Å². The number of rotatable bonds is 9. The van der Waals surface area contributed by atoms with Crippen molar-refractivity contribution in [1.29, 1.82) is 0 Å². The van der Waals surface area contributed by atoms with Crippen molar-refractivity contribution in [2.45, 2.75) is 51.1 Å². The summed E-state index contributed by atoms with van der Waals surface area (Å²) in [5.74, 6) is -1.73. The first-order chi connectivity index (χ1) is 13.0. The van der Waals surface area contributed by atoms with Crippen LogP contribution < -0.4 is 10.5 Å². The van der Waals surface area contributed by atoms with Crippen molar-refractivity contribution in [1.82, 2.24) is 0 Å². The van der Waals surface area contributed by atoms with Crippen LogP contribution in [0.15, 0.2) is 18.2 Å². The summed E-state index contributed by atoms with van der Waals surface area (Å²) in [7, 11) is 0.854. The number of halogens is 3. The van der Waals surface area contributed by atoms with E-state index in [-0.39, 0.29) is 30.6 Å².